The molecule has 2 fully saturated rings. The number of imide groups is 1. The molecule has 0 bridgehead atoms. The zero-order valence-electron chi connectivity index (χ0n) is 15.9. The quantitative estimate of drug-likeness (QED) is 0.566. The number of aldehydes is 1. The molecule has 0 saturated carbocycles. The Bertz CT molecular complexity index is 786. The maximum absolute atomic E-state index is 13.0. The van der Waals surface area contributed by atoms with Crippen molar-refractivity contribution in [1.29, 1.82) is 0 Å². The molecule has 2 aliphatic heterocycles. The zero-order valence-corrected chi connectivity index (χ0v) is 15.9. The van der Waals surface area contributed by atoms with Crippen molar-refractivity contribution in [1.82, 2.24) is 10.2 Å². The van der Waals surface area contributed by atoms with Gasteiger partial charge in [-0.1, -0.05) is 6.07 Å². The number of aliphatic hydroxyl groups excluding tert-OH is 1. The smallest absolute Gasteiger partial charge is 0.255 e. The molecule has 28 heavy (non-hydrogen) atoms. The van der Waals surface area contributed by atoms with E-state index in [9.17, 15) is 24.3 Å². The van der Waals surface area contributed by atoms with Gasteiger partial charge in [0.15, 0.2) is 6.29 Å². The Morgan fingerprint density at radius 1 is 1.29 bits per heavy atom. The van der Waals surface area contributed by atoms with Gasteiger partial charge in [-0.25, -0.2) is 0 Å². The maximum atomic E-state index is 13.0. The van der Waals surface area contributed by atoms with Crippen LogP contribution in [0.3, 0.4) is 0 Å². The van der Waals surface area contributed by atoms with Crippen molar-refractivity contribution in [3.63, 3.8) is 0 Å². The van der Waals surface area contributed by atoms with Gasteiger partial charge in [-0.2, -0.15) is 0 Å². The number of carbonyl (C=O) groups excluding carboxylic acids is 4. The first-order valence-electron chi connectivity index (χ1n) is 9.51. The number of likely N-dealkylation sites (N-methyl/N-ethyl adjacent to an activating group) is 1. The van der Waals surface area contributed by atoms with E-state index in [-0.39, 0.29) is 36.8 Å². The van der Waals surface area contributed by atoms with Crippen LogP contribution in [0.5, 0.6) is 0 Å². The lowest BCUT2D eigenvalue weighted by molar-refractivity contribution is -0.136. The van der Waals surface area contributed by atoms with E-state index in [1.807, 2.05) is 6.07 Å². The fraction of sp³-hybridized carbons (Fsp3) is 0.500. The molecule has 3 amide bonds. The number of hydrogen-bond acceptors (Lipinski definition) is 6. The highest BCUT2D eigenvalue weighted by Crippen LogP contribution is 2.28. The van der Waals surface area contributed by atoms with Gasteiger partial charge in [0.25, 0.3) is 5.91 Å². The second-order valence-electron chi connectivity index (χ2n) is 7.35. The van der Waals surface area contributed by atoms with Gasteiger partial charge in [-0.3, -0.25) is 24.5 Å². The lowest BCUT2D eigenvalue weighted by atomic mass is 9.95. The van der Waals surface area contributed by atoms with Gasteiger partial charge in [-0.05, 0) is 37.3 Å². The first-order valence-corrected chi connectivity index (χ1v) is 9.51. The van der Waals surface area contributed by atoms with E-state index in [4.69, 9.17) is 0 Å². The normalized spacial score (nSPS) is 20.6. The summed E-state index contributed by atoms with van der Waals surface area (Å²) in [5.41, 5.74) is 1.23. The molecule has 2 aliphatic rings. The fourth-order valence-corrected chi connectivity index (χ4v) is 3.88. The molecule has 0 aromatic heterocycles. The van der Waals surface area contributed by atoms with E-state index in [1.165, 1.54) is 11.9 Å². The van der Waals surface area contributed by atoms with Crippen molar-refractivity contribution < 1.29 is 24.3 Å². The van der Waals surface area contributed by atoms with Crippen LogP contribution in [0.2, 0.25) is 0 Å². The van der Waals surface area contributed by atoms with Gasteiger partial charge in [0.1, 0.15) is 6.04 Å². The molecule has 3 rings (SSSR count). The van der Waals surface area contributed by atoms with Gasteiger partial charge in [0, 0.05) is 38.9 Å². The fourth-order valence-electron chi connectivity index (χ4n) is 3.88. The summed E-state index contributed by atoms with van der Waals surface area (Å²) in [6.07, 6.45) is 2.76. The molecule has 1 unspecified atom stereocenters. The lowest BCUT2D eigenvalue weighted by Gasteiger charge is -2.34. The first kappa shape index (κ1) is 20.0. The third kappa shape index (κ3) is 3.91. The van der Waals surface area contributed by atoms with Crippen LogP contribution in [0.4, 0.5) is 5.69 Å². The highest BCUT2D eigenvalue weighted by molar-refractivity contribution is 6.07. The van der Waals surface area contributed by atoms with Crippen molar-refractivity contribution in [2.75, 3.05) is 31.6 Å². The molecule has 0 spiro atoms. The summed E-state index contributed by atoms with van der Waals surface area (Å²) in [5, 5.41) is 11.6. The van der Waals surface area contributed by atoms with E-state index in [0.29, 0.717) is 30.6 Å². The van der Waals surface area contributed by atoms with Gasteiger partial charge < -0.3 is 14.9 Å². The van der Waals surface area contributed by atoms with Crippen LogP contribution in [-0.4, -0.2) is 66.8 Å². The highest BCUT2D eigenvalue weighted by atomic mass is 16.3. The highest BCUT2D eigenvalue weighted by Gasteiger charge is 2.33. The summed E-state index contributed by atoms with van der Waals surface area (Å²) < 4.78 is 0. The number of amides is 3. The first-order chi connectivity index (χ1) is 13.5. The van der Waals surface area contributed by atoms with Crippen molar-refractivity contribution in [2.45, 2.75) is 31.7 Å². The van der Waals surface area contributed by atoms with Crippen LogP contribution >= 0.6 is 0 Å². The van der Waals surface area contributed by atoms with Crippen LogP contribution < -0.4 is 10.2 Å². The molecule has 8 heteroatoms. The Morgan fingerprint density at radius 3 is 2.61 bits per heavy atom. The molecule has 1 aromatic rings. The molecule has 1 aromatic carbocycles. The predicted molar refractivity (Wildman–Crippen MR) is 102 cm³/mol. The monoisotopic (exact) mass is 387 g/mol. The third-order valence-corrected chi connectivity index (χ3v) is 5.64. The van der Waals surface area contributed by atoms with Crippen LogP contribution in [-0.2, 0) is 9.59 Å². The number of aliphatic hydroxyl groups is 1. The minimum Gasteiger partial charge on any atom is -0.396 e. The summed E-state index contributed by atoms with van der Waals surface area (Å²) in [6, 6.07) is 4.38. The zero-order chi connectivity index (χ0) is 20.3. The molecule has 150 valence electrons. The SMILES string of the molecule is CN(C(=O)c1cccc(N2CCC(CO)CC2)c1C=O)C1CCC(=O)NC1=O. The number of carbonyl (C=O) groups is 4. The topological polar surface area (TPSA) is 107 Å². The van der Waals surface area contributed by atoms with Crippen LogP contribution in [0, 0.1) is 5.92 Å². The molecule has 2 saturated heterocycles. The largest absolute Gasteiger partial charge is 0.396 e. The van der Waals surface area contributed by atoms with E-state index < -0.39 is 17.9 Å². The molecule has 0 radical (unpaired) electrons. The summed E-state index contributed by atoms with van der Waals surface area (Å²) in [4.78, 5) is 51.7. The van der Waals surface area contributed by atoms with Crippen LogP contribution in [0.25, 0.3) is 0 Å². The minimum absolute atomic E-state index is 0.156. The van der Waals surface area contributed by atoms with Gasteiger partial charge in [-0.15, -0.1) is 0 Å². The number of anilines is 1. The van der Waals surface area contributed by atoms with Crippen molar-refractivity contribution in [3.05, 3.63) is 29.3 Å². The Hall–Kier alpha value is -2.74. The molecule has 2 heterocycles. The summed E-state index contributed by atoms with van der Waals surface area (Å²) >= 11 is 0. The van der Waals surface area contributed by atoms with Gasteiger partial charge in [0.2, 0.25) is 11.8 Å². The lowest BCUT2D eigenvalue weighted by Crippen LogP contribution is -2.53. The minimum atomic E-state index is -0.742. The third-order valence-electron chi connectivity index (χ3n) is 5.64. The molecule has 8 nitrogen and oxygen atoms in total. The van der Waals surface area contributed by atoms with Crippen molar-refractivity contribution in [2.24, 2.45) is 5.92 Å². The molecule has 2 N–H and O–H groups in total. The summed E-state index contributed by atoms with van der Waals surface area (Å²) in [7, 11) is 1.51. The molecular formula is C20H25N3O5. The molecular weight excluding hydrogens is 362 g/mol. The van der Waals surface area contributed by atoms with E-state index in [0.717, 1.165) is 12.8 Å². The predicted octanol–water partition coefficient (Wildman–Crippen LogP) is 0.585. The number of nitrogens with zero attached hydrogens (tertiary/aromatic N) is 2. The molecule has 1 atom stereocenters. The standard InChI is InChI=1S/C20H25N3O5/c1-22(17-5-6-18(26)21-19(17)27)20(28)14-3-2-4-16(15(14)12-25)23-9-7-13(11-24)8-10-23/h2-4,12-13,17,24H,5-11H2,1H3,(H,21,26,27). The summed E-state index contributed by atoms with van der Waals surface area (Å²) in [6.45, 7) is 1.56. The van der Waals surface area contributed by atoms with Crippen LogP contribution in [0.15, 0.2) is 18.2 Å². The Labute approximate surface area is 163 Å². The van der Waals surface area contributed by atoms with Crippen molar-refractivity contribution in [3.8, 4) is 0 Å². The Balaban J connectivity index is 1.83. The van der Waals surface area contributed by atoms with Crippen LogP contribution in [0.1, 0.15) is 46.4 Å². The number of nitrogens with one attached hydrogen (secondary N) is 1. The van der Waals surface area contributed by atoms with Gasteiger partial charge >= 0.3 is 0 Å². The Morgan fingerprint density at radius 2 is 2.00 bits per heavy atom. The second kappa shape index (κ2) is 8.52. The number of piperidine rings is 2. The average Bonchev–Trinajstić information content (AvgIpc) is 2.72. The second-order valence-corrected chi connectivity index (χ2v) is 7.35. The number of benzene rings is 1. The Kier molecular flexibility index (Phi) is 6.08. The number of rotatable bonds is 5. The van der Waals surface area contributed by atoms with E-state index in [1.54, 1.807) is 12.1 Å². The maximum Gasteiger partial charge on any atom is 0.255 e. The van der Waals surface area contributed by atoms with Gasteiger partial charge in [0.05, 0.1) is 11.1 Å². The van der Waals surface area contributed by atoms with Crippen molar-refractivity contribution >= 4 is 29.7 Å². The number of hydrogen-bond donors (Lipinski definition) is 2. The summed E-state index contributed by atoms with van der Waals surface area (Å²) in [5.74, 6) is -1.01. The van der Waals surface area contributed by atoms with E-state index >= 15 is 0 Å². The molecule has 0 aliphatic carbocycles. The van der Waals surface area contributed by atoms with E-state index in [2.05, 4.69) is 10.2 Å². The average molecular weight is 387 g/mol.